The highest BCUT2D eigenvalue weighted by atomic mass is 16.4. The molecule has 2 aromatic carbocycles. The zero-order valence-electron chi connectivity index (χ0n) is 19.0. The Morgan fingerprint density at radius 2 is 1.34 bits per heavy atom. The first-order valence-corrected chi connectivity index (χ1v) is 10.8. The second-order valence-corrected chi connectivity index (χ2v) is 7.32. The number of rotatable bonds is 6. The number of benzene rings is 2. The molecule has 0 atom stereocenters. The van der Waals surface area contributed by atoms with Gasteiger partial charge in [-0.15, -0.1) is 0 Å². The van der Waals surface area contributed by atoms with Crippen molar-refractivity contribution < 1.29 is 29.7 Å². The first-order valence-electron chi connectivity index (χ1n) is 10.8. The van der Waals surface area contributed by atoms with Gasteiger partial charge in [-0.05, 0) is 52.8 Å². The van der Waals surface area contributed by atoms with Gasteiger partial charge in [0.2, 0.25) is 0 Å². The minimum absolute atomic E-state index is 0.851. The Morgan fingerprint density at radius 1 is 0.686 bits per heavy atom. The van der Waals surface area contributed by atoms with Crippen molar-refractivity contribution in [1.29, 1.82) is 0 Å². The SMILES string of the molecule is O=C(O)/C=C/C1=CC=CC1.O=C(O)/C=C/c1cccc2c1CC=C2.O=C(O)/C=C/c1ccccc1. The Hall–Kier alpha value is -4.71. The maximum Gasteiger partial charge on any atom is 0.328 e. The van der Waals surface area contributed by atoms with E-state index in [1.807, 2.05) is 66.8 Å². The molecule has 0 aromatic heterocycles. The smallest absolute Gasteiger partial charge is 0.328 e. The predicted molar refractivity (Wildman–Crippen MR) is 138 cm³/mol. The summed E-state index contributed by atoms with van der Waals surface area (Å²) in [7, 11) is 0. The molecule has 0 bridgehead atoms. The molecular formula is C29H26O6. The summed E-state index contributed by atoms with van der Waals surface area (Å²) in [5.74, 6) is -2.73. The molecule has 0 amide bonds. The molecule has 35 heavy (non-hydrogen) atoms. The van der Waals surface area contributed by atoms with Crippen molar-refractivity contribution in [2.45, 2.75) is 12.8 Å². The maximum atomic E-state index is 10.4. The molecule has 6 nitrogen and oxygen atoms in total. The number of carbonyl (C=O) groups is 3. The Morgan fingerprint density at radius 3 is 1.97 bits per heavy atom. The van der Waals surface area contributed by atoms with Crippen molar-refractivity contribution in [1.82, 2.24) is 0 Å². The van der Waals surface area contributed by atoms with Gasteiger partial charge in [0.25, 0.3) is 0 Å². The molecule has 2 aromatic rings. The maximum absolute atomic E-state index is 10.4. The van der Waals surface area contributed by atoms with Gasteiger partial charge >= 0.3 is 17.9 Å². The summed E-state index contributed by atoms with van der Waals surface area (Å²) in [6, 6.07) is 15.2. The van der Waals surface area contributed by atoms with Gasteiger partial charge in [-0.25, -0.2) is 14.4 Å². The van der Waals surface area contributed by atoms with E-state index in [4.69, 9.17) is 15.3 Å². The largest absolute Gasteiger partial charge is 0.478 e. The van der Waals surface area contributed by atoms with Crippen LogP contribution in [0.5, 0.6) is 0 Å². The first kappa shape index (κ1) is 26.5. The lowest BCUT2D eigenvalue weighted by Gasteiger charge is -2.02. The van der Waals surface area contributed by atoms with Crippen molar-refractivity contribution in [3.63, 3.8) is 0 Å². The monoisotopic (exact) mass is 470 g/mol. The number of allylic oxidation sites excluding steroid dienone is 6. The first-order chi connectivity index (χ1) is 16.8. The van der Waals surface area contributed by atoms with Gasteiger partial charge in [0, 0.05) is 18.2 Å². The molecular weight excluding hydrogens is 444 g/mol. The van der Waals surface area contributed by atoms with Crippen LogP contribution in [-0.4, -0.2) is 33.2 Å². The molecule has 2 aliphatic rings. The van der Waals surface area contributed by atoms with Gasteiger partial charge < -0.3 is 15.3 Å². The highest BCUT2D eigenvalue weighted by Crippen LogP contribution is 2.23. The third-order valence-corrected chi connectivity index (χ3v) is 4.73. The van der Waals surface area contributed by atoms with E-state index in [1.165, 1.54) is 17.2 Å². The average molecular weight is 471 g/mol. The number of aliphatic carboxylic acids is 3. The standard InChI is InChI=1S/C12H10O2.C9H8O2.C8H8O2/c13-12(14)8-7-10-4-1-3-9-5-2-6-11(9)10;10-9(11)7-6-8-4-2-1-3-5-8;9-8(10)6-5-7-3-1-2-4-7/h1-5,7-8H,6H2,(H,13,14);1-7H,(H,10,11);1-3,5-6H,4H2,(H,9,10)/b8-7+;7-6+;6-5+. The summed E-state index contributed by atoms with van der Waals surface area (Å²) < 4.78 is 0. The molecule has 0 saturated heterocycles. The van der Waals surface area contributed by atoms with Gasteiger partial charge in [0.15, 0.2) is 0 Å². The van der Waals surface area contributed by atoms with E-state index < -0.39 is 17.9 Å². The number of fused-ring (bicyclic) bond motifs is 1. The minimum atomic E-state index is -0.922. The third-order valence-electron chi connectivity index (χ3n) is 4.73. The summed E-state index contributed by atoms with van der Waals surface area (Å²) >= 11 is 0. The summed E-state index contributed by atoms with van der Waals surface area (Å²) in [6.45, 7) is 0. The fourth-order valence-electron chi connectivity index (χ4n) is 3.13. The van der Waals surface area contributed by atoms with E-state index in [0.29, 0.717) is 0 Å². The topological polar surface area (TPSA) is 112 Å². The van der Waals surface area contributed by atoms with Crippen molar-refractivity contribution in [2.24, 2.45) is 0 Å². The highest BCUT2D eigenvalue weighted by Gasteiger charge is 2.07. The molecule has 4 rings (SSSR count). The molecule has 3 N–H and O–H groups in total. The van der Waals surface area contributed by atoms with E-state index in [1.54, 1.807) is 18.2 Å². The Kier molecular flexibility index (Phi) is 11.0. The van der Waals surface area contributed by atoms with Crippen molar-refractivity contribution in [2.75, 3.05) is 0 Å². The molecule has 0 spiro atoms. The van der Waals surface area contributed by atoms with Gasteiger partial charge in [0.05, 0.1) is 0 Å². The zero-order chi connectivity index (χ0) is 25.5. The Bertz CT molecular complexity index is 1210. The fourth-order valence-corrected chi connectivity index (χ4v) is 3.13. The van der Waals surface area contributed by atoms with E-state index in [0.717, 1.165) is 41.7 Å². The van der Waals surface area contributed by atoms with E-state index >= 15 is 0 Å². The number of carboxylic acids is 3. The van der Waals surface area contributed by atoms with Crippen LogP contribution in [0.1, 0.15) is 28.7 Å². The Balaban J connectivity index is 0.000000189. The van der Waals surface area contributed by atoms with Crippen LogP contribution in [0.3, 0.4) is 0 Å². The summed E-state index contributed by atoms with van der Waals surface area (Å²) in [5.41, 5.74) is 5.34. The summed E-state index contributed by atoms with van der Waals surface area (Å²) in [6.07, 6.45) is 20.0. The van der Waals surface area contributed by atoms with Crippen molar-refractivity contribution >= 4 is 36.1 Å². The minimum Gasteiger partial charge on any atom is -0.478 e. The van der Waals surface area contributed by atoms with E-state index in [9.17, 15) is 14.4 Å². The second kappa shape index (κ2) is 14.4. The third kappa shape index (κ3) is 10.6. The molecule has 0 aliphatic heterocycles. The van der Waals surface area contributed by atoms with Gasteiger partial charge in [-0.1, -0.05) is 85.0 Å². The molecule has 0 fully saturated rings. The van der Waals surface area contributed by atoms with Gasteiger partial charge in [-0.3, -0.25) is 0 Å². The molecule has 6 heteroatoms. The molecule has 0 heterocycles. The molecule has 2 aliphatic carbocycles. The lowest BCUT2D eigenvalue weighted by molar-refractivity contribution is -0.132. The van der Waals surface area contributed by atoms with E-state index in [-0.39, 0.29) is 0 Å². The summed E-state index contributed by atoms with van der Waals surface area (Å²) in [5, 5.41) is 25.0. The van der Waals surface area contributed by atoms with E-state index in [2.05, 4.69) is 12.2 Å². The highest BCUT2D eigenvalue weighted by molar-refractivity contribution is 5.86. The van der Waals surface area contributed by atoms with Crippen LogP contribution < -0.4 is 0 Å². The van der Waals surface area contributed by atoms with Crippen LogP contribution in [0, 0.1) is 0 Å². The van der Waals surface area contributed by atoms with Gasteiger partial charge in [0.1, 0.15) is 0 Å². The second-order valence-electron chi connectivity index (χ2n) is 7.32. The average Bonchev–Trinajstić information content (AvgIpc) is 3.54. The van der Waals surface area contributed by atoms with Crippen LogP contribution in [0.2, 0.25) is 0 Å². The van der Waals surface area contributed by atoms with Crippen LogP contribution in [0.25, 0.3) is 18.2 Å². The van der Waals surface area contributed by atoms with Crippen molar-refractivity contribution in [3.05, 3.63) is 125 Å². The lowest BCUT2D eigenvalue weighted by atomic mass is 10.0. The van der Waals surface area contributed by atoms with Crippen molar-refractivity contribution in [3.8, 4) is 0 Å². The number of carboxylic acid groups (broad SMARTS) is 3. The zero-order valence-corrected chi connectivity index (χ0v) is 19.0. The van der Waals surface area contributed by atoms with Crippen LogP contribution in [-0.2, 0) is 20.8 Å². The van der Waals surface area contributed by atoms with Crippen LogP contribution >= 0.6 is 0 Å². The number of hydrogen-bond acceptors (Lipinski definition) is 3. The quantitative estimate of drug-likeness (QED) is 0.470. The summed E-state index contributed by atoms with van der Waals surface area (Å²) in [4.78, 5) is 30.5. The lowest BCUT2D eigenvalue weighted by Crippen LogP contribution is -1.89. The normalized spacial score (nSPS) is 13.2. The van der Waals surface area contributed by atoms with Gasteiger partial charge in [-0.2, -0.15) is 0 Å². The Labute approximate surface area is 203 Å². The molecule has 0 unspecified atom stereocenters. The van der Waals surface area contributed by atoms with Crippen LogP contribution in [0.4, 0.5) is 0 Å². The van der Waals surface area contributed by atoms with Crippen LogP contribution in [0.15, 0.2) is 103 Å². The predicted octanol–water partition coefficient (Wildman–Crippen LogP) is 5.65. The molecule has 0 radical (unpaired) electrons. The number of hydrogen-bond donors (Lipinski definition) is 3. The fraction of sp³-hybridized carbons (Fsp3) is 0.0690. The molecule has 0 saturated carbocycles. The molecule has 178 valence electrons.